The van der Waals surface area contributed by atoms with Crippen LogP contribution in [0.2, 0.25) is 0 Å². The van der Waals surface area contributed by atoms with E-state index in [1.807, 2.05) is 0 Å². The molecule has 1 aliphatic rings. The molecule has 1 N–H and O–H groups in total. The van der Waals surface area contributed by atoms with Crippen molar-refractivity contribution < 1.29 is 0 Å². The third kappa shape index (κ3) is 3.19. The summed E-state index contributed by atoms with van der Waals surface area (Å²) in [6, 6.07) is 0.667. The van der Waals surface area contributed by atoms with Crippen LogP contribution in [-0.4, -0.2) is 16.3 Å². The highest BCUT2D eigenvalue weighted by Gasteiger charge is 2.23. The van der Waals surface area contributed by atoms with E-state index >= 15 is 0 Å². The summed E-state index contributed by atoms with van der Waals surface area (Å²) in [7, 11) is 0. The van der Waals surface area contributed by atoms with Gasteiger partial charge in [-0.2, -0.15) is 5.10 Å². The minimum absolute atomic E-state index is 0.667. The summed E-state index contributed by atoms with van der Waals surface area (Å²) in [5.74, 6) is 0. The fraction of sp³-hybridized carbons (Fsp3) is 0.812. The van der Waals surface area contributed by atoms with E-state index in [1.54, 1.807) is 0 Å². The molecule has 108 valence electrons. The third-order valence-electron chi connectivity index (χ3n) is 4.27. The Morgan fingerprint density at radius 1 is 1.16 bits per heavy atom. The van der Waals surface area contributed by atoms with Crippen molar-refractivity contribution in [1.82, 2.24) is 15.1 Å². The Bertz CT molecular complexity index is 389. The van der Waals surface area contributed by atoms with E-state index in [9.17, 15) is 0 Å². The van der Waals surface area contributed by atoms with Crippen molar-refractivity contribution in [2.75, 3.05) is 6.54 Å². The molecule has 0 amide bonds. The Morgan fingerprint density at radius 3 is 2.47 bits per heavy atom. The normalized spacial score (nSPS) is 16.4. The second-order valence-corrected chi connectivity index (χ2v) is 5.64. The molecule has 1 heterocycles. The van der Waals surface area contributed by atoms with Gasteiger partial charge in [0.25, 0.3) is 0 Å². The molecule has 0 spiro atoms. The maximum atomic E-state index is 4.94. The zero-order chi connectivity index (χ0) is 13.7. The number of hydrogen-bond acceptors (Lipinski definition) is 2. The van der Waals surface area contributed by atoms with Crippen LogP contribution in [0.25, 0.3) is 0 Å². The monoisotopic (exact) mass is 263 g/mol. The van der Waals surface area contributed by atoms with Crippen molar-refractivity contribution in [1.29, 1.82) is 0 Å². The predicted octanol–water partition coefficient (Wildman–Crippen LogP) is 3.62. The Hall–Kier alpha value is -0.830. The highest BCUT2D eigenvalue weighted by atomic mass is 15.3. The molecule has 0 saturated heterocycles. The van der Waals surface area contributed by atoms with Gasteiger partial charge in [0.1, 0.15) is 0 Å². The van der Waals surface area contributed by atoms with E-state index in [0.717, 1.165) is 25.9 Å². The minimum atomic E-state index is 0.667. The van der Waals surface area contributed by atoms with Crippen LogP contribution in [0.1, 0.15) is 75.9 Å². The van der Waals surface area contributed by atoms with Gasteiger partial charge in [-0.05, 0) is 38.6 Å². The molecule has 1 aromatic rings. The summed E-state index contributed by atoms with van der Waals surface area (Å²) < 4.78 is 2.37. The Kier molecular flexibility index (Phi) is 5.44. The molecule has 0 radical (unpaired) electrons. The van der Waals surface area contributed by atoms with Gasteiger partial charge in [-0.1, -0.05) is 33.6 Å². The number of nitrogens with one attached hydrogen (secondary N) is 1. The van der Waals surface area contributed by atoms with Crippen LogP contribution >= 0.6 is 0 Å². The minimum Gasteiger partial charge on any atom is -0.313 e. The molecular weight excluding hydrogens is 234 g/mol. The lowest BCUT2D eigenvalue weighted by atomic mass is 10.1. The lowest BCUT2D eigenvalue weighted by molar-refractivity contribution is 0.447. The van der Waals surface area contributed by atoms with Crippen LogP contribution in [0, 0.1) is 0 Å². The average Bonchev–Trinajstić information content (AvgIpc) is 3.05. The summed E-state index contributed by atoms with van der Waals surface area (Å²) in [6.07, 6.45) is 8.73. The number of nitrogens with zero attached hydrogens (tertiary/aromatic N) is 2. The van der Waals surface area contributed by atoms with Gasteiger partial charge in [-0.25, -0.2) is 0 Å². The van der Waals surface area contributed by atoms with E-state index in [-0.39, 0.29) is 0 Å². The van der Waals surface area contributed by atoms with E-state index in [1.165, 1.54) is 49.1 Å². The van der Waals surface area contributed by atoms with E-state index in [4.69, 9.17) is 5.10 Å². The quantitative estimate of drug-likeness (QED) is 0.761. The van der Waals surface area contributed by atoms with Gasteiger partial charge in [0, 0.05) is 17.8 Å². The summed E-state index contributed by atoms with van der Waals surface area (Å²) in [5, 5.41) is 8.49. The van der Waals surface area contributed by atoms with Crippen molar-refractivity contribution in [2.45, 2.75) is 78.3 Å². The first-order chi connectivity index (χ1) is 9.31. The fourth-order valence-electron chi connectivity index (χ4n) is 3.26. The maximum absolute atomic E-state index is 4.94. The topological polar surface area (TPSA) is 29.9 Å². The van der Waals surface area contributed by atoms with Crippen LogP contribution in [0.5, 0.6) is 0 Å². The van der Waals surface area contributed by atoms with Crippen LogP contribution in [-0.2, 0) is 19.4 Å². The second kappa shape index (κ2) is 7.09. The molecule has 0 atom stereocenters. The molecule has 3 nitrogen and oxygen atoms in total. The van der Waals surface area contributed by atoms with Crippen LogP contribution < -0.4 is 5.32 Å². The molecule has 1 aromatic heterocycles. The number of rotatable bonds is 7. The SMILES string of the molecule is CCCNCc1c(CC)nn(C2CCCC2)c1CC. The summed E-state index contributed by atoms with van der Waals surface area (Å²) in [6.45, 7) is 8.81. The molecule has 19 heavy (non-hydrogen) atoms. The summed E-state index contributed by atoms with van der Waals surface area (Å²) in [5.41, 5.74) is 4.27. The van der Waals surface area contributed by atoms with Crippen molar-refractivity contribution in [2.24, 2.45) is 0 Å². The molecule has 0 bridgehead atoms. The van der Waals surface area contributed by atoms with Crippen LogP contribution in [0.15, 0.2) is 0 Å². The Balaban J connectivity index is 2.23. The first-order valence-corrected chi connectivity index (χ1v) is 8.11. The lowest BCUT2D eigenvalue weighted by Crippen LogP contribution is -2.16. The lowest BCUT2D eigenvalue weighted by Gasteiger charge is -2.14. The van der Waals surface area contributed by atoms with Crippen LogP contribution in [0.4, 0.5) is 0 Å². The van der Waals surface area contributed by atoms with Crippen molar-refractivity contribution in [3.05, 3.63) is 17.0 Å². The molecule has 0 aromatic carbocycles. The smallest absolute Gasteiger partial charge is 0.0669 e. The van der Waals surface area contributed by atoms with Gasteiger partial charge >= 0.3 is 0 Å². The van der Waals surface area contributed by atoms with Crippen LogP contribution in [0.3, 0.4) is 0 Å². The zero-order valence-electron chi connectivity index (χ0n) is 12.8. The Morgan fingerprint density at radius 2 is 1.89 bits per heavy atom. The standard InChI is InChI=1S/C16H29N3/c1-4-11-17-12-14-15(5-2)18-19(16(14)6-3)13-9-7-8-10-13/h13,17H,4-12H2,1-3H3. The second-order valence-electron chi connectivity index (χ2n) is 5.64. The van der Waals surface area contributed by atoms with E-state index < -0.39 is 0 Å². The number of aromatic nitrogens is 2. The number of hydrogen-bond donors (Lipinski definition) is 1. The Labute approximate surface area is 117 Å². The zero-order valence-corrected chi connectivity index (χ0v) is 12.8. The molecule has 2 rings (SSSR count). The molecule has 1 fully saturated rings. The average molecular weight is 263 g/mol. The van der Waals surface area contributed by atoms with Gasteiger partial charge in [0.15, 0.2) is 0 Å². The van der Waals surface area contributed by atoms with Gasteiger partial charge in [-0.15, -0.1) is 0 Å². The molecule has 3 heteroatoms. The molecule has 1 aliphatic carbocycles. The maximum Gasteiger partial charge on any atom is 0.0669 e. The summed E-state index contributed by atoms with van der Waals surface area (Å²) >= 11 is 0. The van der Waals surface area contributed by atoms with Gasteiger partial charge in [0.2, 0.25) is 0 Å². The van der Waals surface area contributed by atoms with Gasteiger partial charge < -0.3 is 5.32 Å². The third-order valence-corrected chi connectivity index (χ3v) is 4.27. The highest BCUT2D eigenvalue weighted by molar-refractivity contribution is 5.27. The molecule has 0 aliphatic heterocycles. The number of aryl methyl sites for hydroxylation is 1. The van der Waals surface area contributed by atoms with Gasteiger partial charge in [-0.3, -0.25) is 4.68 Å². The van der Waals surface area contributed by atoms with Gasteiger partial charge in [0.05, 0.1) is 11.7 Å². The fourth-order valence-corrected chi connectivity index (χ4v) is 3.26. The van der Waals surface area contributed by atoms with Crippen molar-refractivity contribution >= 4 is 0 Å². The van der Waals surface area contributed by atoms with Crippen molar-refractivity contribution in [3.8, 4) is 0 Å². The molecule has 0 unspecified atom stereocenters. The largest absolute Gasteiger partial charge is 0.313 e. The first kappa shape index (κ1) is 14.6. The van der Waals surface area contributed by atoms with Crippen molar-refractivity contribution in [3.63, 3.8) is 0 Å². The highest BCUT2D eigenvalue weighted by Crippen LogP contribution is 2.32. The summed E-state index contributed by atoms with van der Waals surface area (Å²) in [4.78, 5) is 0. The van der Waals surface area contributed by atoms with E-state index in [2.05, 4.69) is 30.8 Å². The predicted molar refractivity (Wildman–Crippen MR) is 80.5 cm³/mol. The molecule has 1 saturated carbocycles. The molecular formula is C16H29N3. The first-order valence-electron chi connectivity index (χ1n) is 8.11. The van der Waals surface area contributed by atoms with E-state index in [0.29, 0.717) is 6.04 Å².